The largest absolute Gasteiger partial charge is 0.574 e. The molecule has 0 aromatic carbocycles. The number of hydrogen-bond acceptors (Lipinski definition) is 5. The van der Waals surface area contributed by atoms with Crippen LogP contribution in [0.4, 0.5) is 26.3 Å². The lowest BCUT2D eigenvalue weighted by Crippen LogP contribution is -2.23. The van der Waals surface area contributed by atoms with Crippen molar-refractivity contribution in [3.63, 3.8) is 0 Å². The van der Waals surface area contributed by atoms with E-state index in [1.54, 1.807) is 0 Å². The first kappa shape index (κ1) is 18.0. The van der Waals surface area contributed by atoms with E-state index < -0.39 is 47.8 Å². The van der Waals surface area contributed by atoms with Crippen LogP contribution in [0.5, 0.6) is 5.88 Å². The second-order valence-corrected chi connectivity index (χ2v) is 3.82. The van der Waals surface area contributed by atoms with Crippen molar-refractivity contribution in [1.82, 2.24) is 4.98 Å². The normalized spacial score (nSPS) is 12.2. The van der Waals surface area contributed by atoms with Gasteiger partial charge in [-0.25, -0.2) is 9.78 Å². The minimum absolute atomic E-state index is 0.278. The van der Waals surface area contributed by atoms with Crippen LogP contribution in [0.25, 0.3) is 0 Å². The maximum absolute atomic E-state index is 12.9. The van der Waals surface area contributed by atoms with Crippen LogP contribution >= 0.6 is 0 Å². The van der Waals surface area contributed by atoms with E-state index in [-0.39, 0.29) is 12.7 Å². The monoisotopic (exact) mass is 332 g/mol. The summed E-state index contributed by atoms with van der Waals surface area (Å²) in [6, 6.07) is 0.278. The molecule has 1 aromatic heterocycles. The predicted octanol–water partition coefficient (Wildman–Crippen LogP) is 2.63. The Hall–Kier alpha value is -2.04. The minimum atomic E-state index is -5.21. The highest BCUT2D eigenvalue weighted by atomic mass is 19.4. The standard InChI is InChI=1S/C11H10F6N2O3/c1-2-21-9(20)7-6(10(12,13)14)3-5(4-18)8(19-7)22-11(15,16)17/h3H,2,4,18H2,1H3. The molecule has 0 radical (unpaired) electrons. The molecule has 0 unspecified atom stereocenters. The summed E-state index contributed by atoms with van der Waals surface area (Å²) in [6.45, 7) is 0.322. The number of pyridine rings is 1. The summed E-state index contributed by atoms with van der Waals surface area (Å²) in [4.78, 5) is 14.5. The molecule has 1 heterocycles. The molecule has 0 amide bonds. The van der Waals surface area contributed by atoms with Crippen molar-refractivity contribution in [3.8, 4) is 5.88 Å². The van der Waals surface area contributed by atoms with Crippen molar-refractivity contribution in [3.05, 3.63) is 22.9 Å². The molecule has 5 nitrogen and oxygen atoms in total. The summed E-state index contributed by atoms with van der Waals surface area (Å²) >= 11 is 0. The highest BCUT2D eigenvalue weighted by molar-refractivity contribution is 5.89. The molecule has 1 rings (SSSR count). The first-order valence-electron chi connectivity index (χ1n) is 5.73. The zero-order valence-electron chi connectivity index (χ0n) is 11.0. The molecule has 0 atom stereocenters. The molecule has 124 valence electrons. The van der Waals surface area contributed by atoms with Crippen molar-refractivity contribution in [1.29, 1.82) is 0 Å². The van der Waals surface area contributed by atoms with Crippen molar-refractivity contribution in [2.24, 2.45) is 5.73 Å². The fourth-order valence-electron chi connectivity index (χ4n) is 1.45. The Morgan fingerprint density at radius 1 is 1.27 bits per heavy atom. The van der Waals surface area contributed by atoms with Gasteiger partial charge in [-0.1, -0.05) is 0 Å². The summed E-state index contributed by atoms with van der Waals surface area (Å²) in [7, 11) is 0. The van der Waals surface area contributed by atoms with E-state index in [1.165, 1.54) is 6.92 Å². The van der Waals surface area contributed by atoms with E-state index in [9.17, 15) is 31.1 Å². The van der Waals surface area contributed by atoms with E-state index in [2.05, 4.69) is 14.5 Å². The number of esters is 1. The minimum Gasteiger partial charge on any atom is -0.461 e. The number of alkyl halides is 6. The maximum Gasteiger partial charge on any atom is 0.574 e. The molecule has 0 aliphatic heterocycles. The van der Waals surface area contributed by atoms with Crippen molar-refractivity contribution in [2.75, 3.05) is 6.61 Å². The van der Waals surface area contributed by atoms with Gasteiger partial charge in [-0.15, -0.1) is 13.2 Å². The van der Waals surface area contributed by atoms with Crippen LogP contribution in [0.3, 0.4) is 0 Å². The molecular formula is C11H10F6N2O3. The molecular weight excluding hydrogens is 322 g/mol. The zero-order valence-corrected chi connectivity index (χ0v) is 11.0. The van der Waals surface area contributed by atoms with Crippen LogP contribution in [0.1, 0.15) is 28.5 Å². The molecule has 0 aliphatic rings. The molecule has 0 fully saturated rings. The number of rotatable bonds is 4. The Balaban J connectivity index is 3.49. The Morgan fingerprint density at radius 2 is 1.86 bits per heavy atom. The number of aromatic nitrogens is 1. The molecule has 1 aromatic rings. The average molecular weight is 332 g/mol. The molecule has 0 aliphatic carbocycles. The molecule has 22 heavy (non-hydrogen) atoms. The molecule has 0 saturated carbocycles. The molecule has 0 spiro atoms. The van der Waals surface area contributed by atoms with Gasteiger partial charge < -0.3 is 15.2 Å². The fraction of sp³-hybridized carbons (Fsp3) is 0.455. The Labute approximate surface area is 120 Å². The summed E-state index contributed by atoms with van der Waals surface area (Å²) in [6.07, 6.45) is -10.2. The highest BCUT2D eigenvalue weighted by Crippen LogP contribution is 2.35. The number of halogens is 6. The quantitative estimate of drug-likeness (QED) is 0.678. The topological polar surface area (TPSA) is 74.4 Å². The van der Waals surface area contributed by atoms with Crippen LogP contribution in [-0.4, -0.2) is 23.9 Å². The highest BCUT2D eigenvalue weighted by Gasteiger charge is 2.40. The first-order valence-corrected chi connectivity index (χ1v) is 5.73. The van der Waals surface area contributed by atoms with Crippen molar-refractivity contribution >= 4 is 5.97 Å². The van der Waals surface area contributed by atoms with E-state index in [0.29, 0.717) is 0 Å². The average Bonchev–Trinajstić information content (AvgIpc) is 2.35. The van der Waals surface area contributed by atoms with Gasteiger partial charge in [-0.2, -0.15) is 13.2 Å². The Kier molecular flexibility index (Phi) is 5.22. The van der Waals surface area contributed by atoms with Gasteiger partial charge >= 0.3 is 18.5 Å². The second-order valence-electron chi connectivity index (χ2n) is 3.82. The molecule has 0 saturated heterocycles. The van der Waals surface area contributed by atoms with Gasteiger partial charge in [0.1, 0.15) is 0 Å². The third-order valence-corrected chi connectivity index (χ3v) is 2.27. The number of ether oxygens (including phenoxy) is 2. The van der Waals surface area contributed by atoms with Gasteiger partial charge in [0.25, 0.3) is 0 Å². The fourth-order valence-corrected chi connectivity index (χ4v) is 1.45. The second kappa shape index (κ2) is 6.38. The van der Waals surface area contributed by atoms with E-state index in [1.807, 2.05) is 0 Å². The van der Waals surface area contributed by atoms with Crippen LogP contribution in [0.15, 0.2) is 6.07 Å². The Bertz CT molecular complexity index is 556. The van der Waals surface area contributed by atoms with Gasteiger partial charge in [0, 0.05) is 12.1 Å². The number of nitrogens with two attached hydrogens (primary N) is 1. The van der Waals surface area contributed by atoms with E-state index in [4.69, 9.17) is 5.73 Å². The molecule has 11 heteroatoms. The molecule has 0 bridgehead atoms. The zero-order chi connectivity index (χ0) is 17.1. The van der Waals surface area contributed by atoms with Gasteiger partial charge in [0.05, 0.1) is 12.2 Å². The third-order valence-electron chi connectivity index (χ3n) is 2.27. The SMILES string of the molecule is CCOC(=O)c1nc(OC(F)(F)F)c(CN)cc1C(F)(F)F. The summed E-state index contributed by atoms with van der Waals surface area (Å²) in [5.41, 5.74) is 1.56. The number of nitrogens with zero attached hydrogens (tertiary/aromatic N) is 1. The van der Waals surface area contributed by atoms with Crippen LogP contribution in [0.2, 0.25) is 0 Å². The van der Waals surface area contributed by atoms with Gasteiger partial charge in [0.15, 0.2) is 5.69 Å². The number of hydrogen-bond donors (Lipinski definition) is 1. The van der Waals surface area contributed by atoms with Gasteiger partial charge in [0.2, 0.25) is 5.88 Å². The lowest BCUT2D eigenvalue weighted by atomic mass is 10.1. The lowest BCUT2D eigenvalue weighted by Gasteiger charge is -2.16. The number of carbonyl (C=O) groups is 1. The summed E-state index contributed by atoms with van der Waals surface area (Å²) in [5, 5.41) is 0. The van der Waals surface area contributed by atoms with Crippen molar-refractivity contribution < 1.29 is 40.6 Å². The lowest BCUT2D eigenvalue weighted by molar-refractivity contribution is -0.276. The smallest absolute Gasteiger partial charge is 0.461 e. The predicted molar refractivity (Wildman–Crippen MR) is 59.8 cm³/mol. The number of carbonyl (C=O) groups excluding carboxylic acids is 1. The van der Waals surface area contributed by atoms with Crippen LogP contribution < -0.4 is 10.5 Å². The van der Waals surface area contributed by atoms with Crippen LogP contribution in [-0.2, 0) is 17.5 Å². The van der Waals surface area contributed by atoms with Crippen molar-refractivity contribution in [2.45, 2.75) is 26.0 Å². The van der Waals surface area contributed by atoms with E-state index >= 15 is 0 Å². The van der Waals surface area contributed by atoms with Gasteiger partial charge in [-0.05, 0) is 13.0 Å². The van der Waals surface area contributed by atoms with Gasteiger partial charge in [-0.3, -0.25) is 0 Å². The van der Waals surface area contributed by atoms with E-state index in [0.717, 1.165) is 0 Å². The first-order chi connectivity index (χ1) is 9.99. The summed E-state index contributed by atoms with van der Waals surface area (Å²) < 4.78 is 83.2. The van der Waals surface area contributed by atoms with Crippen LogP contribution in [0, 0.1) is 0 Å². The summed E-state index contributed by atoms with van der Waals surface area (Å²) in [5.74, 6) is -2.75. The maximum atomic E-state index is 12.9. The third kappa shape index (κ3) is 4.48. The Morgan fingerprint density at radius 3 is 2.27 bits per heavy atom. The molecule has 2 N–H and O–H groups in total.